The Morgan fingerprint density at radius 1 is 1.06 bits per heavy atom. The van der Waals surface area contributed by atoms with Gasteiger partial charge in [0.25, 0.3) is 0 Å². The molecule has 90 valence electrons. The van der Waals surface area contributed by atoms with E-state index in [-0.39, 0.29) is 0 Å². The molecule has 0 radical (unpaired) electrons. The first-order valence-corrected chi connectivity index (χ1v) is 5.57. The van der Waals surface area contributed by atoms with Gasteiger partial charge in [-0.25, -0.2) is 0 Å². The van der Waals surface area contributed by atoms with E-state index in [1.807, 2.05) is 42.5 Å². The molecule has 1 N–H and O–H groups in total. The summed E-state index contributed by atoms with van der Waals surface area (Å²) < 4.78 is 0. The van der Waals surface area contributed by atoms with Crippen LogP contribution in [0.15, 0.2) is 48.5 Å². The summed E-state index contributed by atoms with van der Waals surface area (Å²) in [6.07, 6.45) is 2.50. The largest absolute Gasteiger partial charge is 0.481 e. The van der Waals surface area contributed by atoms with Crippen molar-refractivity contribution in [3.8, 4) is 0 Å². The molecule has 0 saturated carbocycles. The van der Waals surface area contributed by atoms with Crippen LogP contribution in [0.25, 0.3) is 16.8 Å². The molecule has 0 aliphatic rings. The smallest absolute Gasteiger partial charge is 0.311 e. The number of carbonyl (C=O) groups excluding carboxylic acids is 1. The van der Waals surface area contributed by atoms with Crippen LogP contribution in [0, 0.1) is 0 Å². The van der Waals surface area contributed by atoms with Crippen molar-refractivity contribution in [3.63, 3.8) is 0 Å². The number of carboxylic acids is 1. The van der Waals surface area contributed by atoms with E-state index in [0.29, 0.717) is 0 Å². The van der Waals surface area contributed by atoms with Gasteiger partial charge in [0.2, 0.25) is 0 Å². The maximum atomic E-state index is 11.3. The number of hydrogen-bond acceptors (Lipinski definition) is 2. The van der Waals surface area contributed by atoms with Crippen LogP contribution >= 0.6 is 0 Å². The molecular formula is C15H12O3. The normalized spacial score (nSPS) is 10.9. The number of ketones is 1. The molecule has 2 aromatic carbocycles. The van der Waals surface area contributed by atoms with Crippen molar-refractivity contribution in [1.29, 1.82) is 0 Å². The van der Waals surface area contributed by atoms with Crippen LogP contribution in [0.4, 0.5) is 0 Å². The highest BCUT2D eigenvalue weighted by atomic mass is 16.4. The van der Waals surface area contributed by atoms with Crippen molar-refractivity contribution in [3.05, 3.63) is 54.1 Å². The van der Waals surface area contributed by atoms with Gasteiger partial charge < -0.3 is 5.11 Å². The van der Waals surface area contributed by atoms with Crippen LogP contribution in [0.1, 0.15) is 12.0 Å². The van der Waals surface area contributed by atoms with Crippen molar-refractivity contribution < 1.29 is 14.7 Å². The van der Waals surface area contributed by atoms with Crippen molar-refractivity contribution in [2.24, 2.45) is 0 Å². The van der Waals surface area contributed by atoms with Crippen LogP contribution in [-0.2, 0) is 9.59 Å². The fraction of sp³-hybridized carbons (Fsp3) is 0.0667. The topological polar surface area (TPSA) is 54.4 Å². The Morgan fingerprint density at radius 2 is 1.78 bits per heavy atom. The van der Waals surface area contributed by atoms with Gasteiger partial charge in [0.05, 0.1) is 0 Å². The first-order valence-electron chi connectivity index (χ1n) is 5.57. The first-order chi connectivity index (χ1) is 8.66. The molecule has 0 amide bonds. The second-order valence-electron chi connectivity index (χ2n) is 3.94. The lowest BCUT2D eigenvalue weighted by molar-refractivity contribution is -0.139. The van der Waals surface area contributed by atoms with Crippen LogP contribution in [0.2, 0.25) is 0 Å². The minimum absolute atomic E-state index is 0.407. The Bertz CT molecular complexity index is 621. The number of hydrogen-bond donors (Lipinski definition) is 1. The van der Waals surface area contributed by atoms with E-state index in [4.69, 9.17) is 5.11 Å². The second-order valence-corrected chi connectivity index (χ2v) is 3.94. The first kappa shape index (κ1) is 12.0. The number of benzene rings is 2. The minimum Gasteiger partial charge on any atom is -0.481 e. The molecule has 0 aromatic heterocycles. The average molecular weight is 240 g/mol. The third-order valence-electron chi connectivity index (χ3n) is 2.60. The van der Waals surface area contributed by atoms with E-state index in [0.717, 1.165) is 16.3 Å². The molecule has 0 aliphatic carbocycles. The number of fused-ring (bicyclic) bond motifs is 1. The van der Waals surface area contributed by atoms with Crippen LogP contribution < -0.4 is 0 Å². The Kier molecular flexibility index (Phi) is 3.53. The molecule has 0 unspecified atom stereocenters. The highest BCUT2D eigenvalue weighted by molar-refractivity contribution is 6.04. The van der Waals surface area contributed by atoms with Gasteiger partial charge in [-0.1, -0.05) is 48.5 Å². The molecule has 0 atom stereocenters. The lowest BCUT2D eigenvalue weighted by Crippen LogP contribution is -2.02. The molecular weight excluding hydrogens is 228 g/mol. The Labute approximate surface area is 104 Å². The number of allylic oxidation sites excluding steroid dienone is 1. The summed E-state index contributed by atoms with van der Waals surface area (Å²) in [4.78, 5) is 21.7. The van der Waals surface area contributed by atoms with E-state index in [1.54, 1.807) is 6.08 Å². The monoisotopic (exact) mass is 240 g/mol. The Hall–Kier alpha value is -2.42. The number of carbonyl (C=O) groups is 2. The minimum atomic E-state index is -1.11. The van der Waals surface area contributed by atoms with Crippen molar-refractivity contribution in [1.82, 2.24) is 0 Å². The van der Waals surface area contributed by atoms with Crippen molar-refractivity contribution in [2.45, 2.75) is 6.42 Å². The zero-order valence-corrected chi connectivity index (χ0v) is 9.67. The van der Waals surface area contributed by atoms with Crippen LogP contribution in [-0.4, -0.2) is 16.9 Å². The standard InChI is InChI=1S/C15H12O3/c16-13(10-15(17)18)9-8-12-6-3-5-11-4-1-2-7-14(11)12/h1-9H,10H2,(H,17,18)/b9-8+. The molecule has 3 nitrogen and oxygen atoms in total. The molecule has 2 rings (SSSR count). The van der Waals surface area contributed by atoms with E-state index >= 15 is 0 Å². The van der Waals surface area contributed by atoms with Crippen LogP contribution in [0.5, 0.6) is 0 Å². The maximum Gasteiger partial charge on any atom is 0.311 e. The van der Waals surface area contributed by atoms with E-state index in [1.165, 1.54) is 6.08 Å². The van der Waals surface area contributed by atoms with E-state index in [2.05, 4.69) is 0 Å². The molecule has 18 heavy (non-hydrogen) atoms. The summed E-state index contributed by atoms with van der Waals surface area (Å²) in [7, 11) is 0. The summed E-state index contributed by atoms with van der Waals surface area (Å²) in [6.45, 7) is 0. The van der Waals surface area contributed by atoms with Gasteiger partial charge in [-0.15, -0.1) is 0 Å². The molecule has 3 heteroatoms. The molecule has 0 saturated heterocycles. The highest BCUT2D eigenvalue weighted by Crippen LogP contribution is 2.19. The van der Waals surface area contributed by atoms with E-state index in [9.17, 15) is 9.59 Å². The molecule has 0 fully saturated rings. The Balaban J connectivity index is 2.29. The molecule has 0 spiro atoms. The zero-order chi connectivity index (χ0) is 13.0. The predicted octanol–water partition coefficient (Wildman–Crippen LogP) is 2.90. The van der Waals surface area contributed by atoms with Gasteiger partial charge >= 0.3 is 5.97 Å². The van der Waals surface area contributed by atoms with Gasteiger partial charge in [0, 0.05) is 0 Å². The quantitative estimate of drug-likeness (QED) is 0.660. The van der Waals surface area contributed by atoms with E-state index < -0.39 is 18.2 Å². The van der Waals surface area contributed by atoms with Gasteiger partial charge in [-0.2, -0.15) is 0 Å². The van der Waals surface area contributed by atoms with Gasteiger partial charge in [0.15, 0.2) is 5.78 Å². The molecule has 0 aliphatic heterocycles. The fourth-order valence-corrected chi connectivity index (χ4v) is 1.79. The SMILES string of the molecule is O=C(O)CC(=O)/C=C/c1cccc2ccccc12. The fourth-order valence-electron chi connectivity index (χ4n) is 1.79. The lowest BCUT2D eigenvalue weighted by atomic mass is 10.0. The molecule has 0 heterocycles. The van der Waals surface area contributed by atoms with Gasteiger partial charge in [-0.3, -0.25) is 9.59 Å². The number of rotatable bonds is 4. The number of carboxylic acid groups (broad SMARTS) is 1. The summed E-state index contributed by atoms with van der Waals surface area (Å²) in [6, 6.07) is 13.6. The summed E-state index contributed by atoms with van der Waals surface area (Å²) in [5, 5.41) is 10.6. The van der Waals surface area contributed by atoms with Gasteiger partial charge in [0.1, 0.15) is 6.42 Å². The number of aliphatic carboxylic acids is 1. The van der Waals surface area contributed by atoms with Crippen molar-refractivity contribution in [2.75, 3.05) is 0 Å². The third kappa shape index (κ3) is 2.83. The lowest BCUT2D eigenvalue weighted by Gasteiger charge is -2.01. The van der Waals surface area contributed by atoms with Crippen molar-refractivity contribution >= 4 is 28.6 Å². The zero-order valence-electron chi connectivity index (χ0n) is 9.67. The predicted molar refractivity (Wildman–Crippen MR) is 70.2 cm³/mol. The average Bonchev–Trinajstić information content (AvgIpc) is 2.35. The Morgan fingerprint density at radius 3 is 2.56 bits per heavy atom. The summed E-state index contributed by atoms with van der Waals surface area (Å²) >= 11 is 0. The maximum absolute atomic E-state index is 11.3. The van der Waals surface area contributed by atoms with Crippen LogP contribution in [0.3, 0.4) is 0 Å². The summed E-state index contributed by atoms with van der Waals surface area (Å²) in [5.74, 6) is -1.52. The molecule has 0 bridgehead atoms. The highest BCUT2D eigenvalue weighted by Gasteiger charge is 2.03. The van der Waals surface area contributed by atoms with Gasteiger partial charge in [-0.05, 0) is 22.4 Å². The summed E-state index contributed by atoms with van der Waals surface area (Å²) in [5.41, 5.74) is 0.909. The third-order valence-corrected chi connectivity index (χ3v) is 2.60. The molecule has 2 aromatic rings. The second kappa shape index (κ2) is 5.27.